The minimum Gasteiger partial charge on any atom is -0.343 e. The molecule has 6 nitrogen and oxygen atoms in total. The van der Waals surface area contributed by atoms with Crippen LogP contribution in [0.15, 0.2) is 11.1 Å². The summed E-state index contributed by atoms with van der Waals surface area (Å²) in [5, 5.41) is 3.62. The topological polar surface area (TPSA) is 67.2 Å². The largest absolute Gasteiger partial charge is 0.343 e. The SMILES string of the molecule is CNCCN(C)C(=O)Cn1cnc2sc(C)c(C)c2c1=O.Cl. The number of fused-ring (bicyclic) bond motifs is 1. The number of aryl methyl sites for hydroxylation is 2. The van der Waals surface area contributed by atoms with Crippen molar-refractivity contribution in [3.05, 3.63) is 27.1 Å². The summed E-state index contributed by atoms with van der Waals surface area (Å²) in [6.45, 7) is 5.24. The molecule has 0 atom stereocenters. The van der Waals surface area contributed by atoms with Gasteiger partial charge in [-0.25, -0.2) is 4.98 Å². The van der Waals surface area contributed by atoms with E-state index in [0.29, 0.717) is 11.9 Å². The van der Waals surface area contributed by atoms with Crippen LogP contribution in [0.5, 0.6) is 0 Å². The first-order valence-corrected chi connectivity index (χ1v) is 7.61. The van der Waals surface area contributed by atoms with Gasteiger partial charge in [0.2, 0.25) is 5.91 Å². The molecule has 22 heavy (non-hydrogen) atoms. The lowest BCUT2D eigenvalue weighted by Gasteiger charge is -2.17. The van der Waals surface area contributed by atoms with Crippen molar-refractivity contribution in [1.29, 1.82) is 0 Å². The van der Waals surface area contributed by atoms with Gasteiger partial charge in [0.15, 0.2) is 0 Å². The Kier molecular flexibility index (Phi) is 6.52. The average Bonchev–Trinajstić information content (AvgIpc) is 2.75. The number of thiophene rings is 1. The predicted octanol–water partition coefficient (Wildman–Crippen LogP) is 1.17. The molecule has 0 bridgehead atoms. The summed E-state index contributed by atoms with van der Waals surface area (Å²) in [5.41, 5.74) is 0.815. The number of hydrogen-bond donors (Lipinski definition) is 1. The summed E-state index contributed by atoms with van der Waals surface area (Å²) in [6.07, 6.45) is 1.46. The molecule has 2 aromatic rings. The van der Waals surface area contributed by atoms with Crippen LogP contribution in [0.4, 0.5) is 0 Å². The molecule has 0 unspecified atom stereocenters. The highest BCUT2D eigenvalue weighted by atomic mass is 35.5. The number of amides is 1. The molecule has 1 N–H and O–H groups in total. The van der Waals surface area contributed by atoms with E-state index >= 15 is 0 Å². The van der Waals surface area contributed by atoms with Crippen molar-refractivity contribution in [1.82, 2.24) is 19.8 Å². The number of carbonyl (C=O) groups is 1. The zero-order chi connectivity index (χ0) is 15.6. The average molecular weight is 345 g/mol. The molecule has 0 aliphatic heterocycles. The number of halogens is 1. The van der Waals surface area contributed by atoms with Crippen molar-refractivity contribution < 1.29 is 4.79 Å². The maximum atomic E-state index is 12.5. The second-order valence-corrected chi connectivity index (χ2v) is 6.26. The molecule has 0 saturated carbocycles. The third-order valence-corrected chi connectivity index (χ3v) is 4.70. The summed E-state index contributed by atoms with van der Waals surface area (Å²) >= 11 is 1.51. The molecule has 0 fully saturated rings. The molecule has 8 heteroatoms. The molecule has 1 amide bonds. The smallest absolute Gasteiger partial charge is 0.262 e. The minimum absolute atomic E-state index is 0. The van der Waals surface area contributed by atoms with Crippen molar-refractivity contribution >= 4 is 39.9 Å². The quantitative estimate of drug-likeness (QED) is 0.884. The van der Waals surface area contributed by atoms with Gasteiger partial charge in [0.05, 0.1) is 11.7 Å². The summed E-state index contributed by atoms with van der Waals surface area (Å²) in [7, 11) is 3.57. The Bertz CT molecular complexity index is 725. The standard InChI is InChI=1S/C14H20N4O2S.ClH/c1-9-10(2)21-13-12(9)14(20)18(8-16-13)7-11(19)17(4)6-5-15-3;/h8,15H,5-7H2,1-4H3;1H. The molecule has 2 heterocycles. The first kappa shape index (κ1) is 18.6. The number of carbonyl (C=O) groups excluding carboxylic acids is 1. The number of hydrogen-bond acceptors (Lipinski definition) is 5. The van der Waals surface area contributed by atoms with E-state index in [1.54, 1.807) is 11.9 Å². The Hall–Kier alpha value is -1.44. The third-order valence-electron chi connectivity index (χ3n) is 3.58. The number of nitrogens with zero attached hydrogens (tertiary/aromatic N) is 3. The van der Waals surface area contributed by atoms with Crippen LogP contribution >= 0.6 is 23.7 Å². The highest BCUT2D eigenvalue weighted by Crippen LogP contribution is 2.25. The Morgan fingerprint density at radius 3 is 2.77 bits per heavy atom. The second kappa shape index (κ2) is 7.71. The molecule has 0 aliphatic rings. The van der Waals surface area contributed by atoms with Gasteiger partial charge in [0, 0.05) is 25.0 Å². The van der Waals surface area contributed by atoms with Crippen LogP contribution in [-0.2, 0) is 11.3 Å². The van der Waals surface area contributed by atoms with E-state index in [-0.39, 0.29) is 30.4 Å². The van der Waals surface area contributed by atoms with Crippen LogP contribution in [-0.4, -0.2) is 47.5 Å². The highest BCUT2D eigenvalue weighted by Gasteiger charge is 2.15. The van der Waals surface area contributed by atoms with Gasteiger partial charge >= 0.3 is 0 Å². The lowest BCUT2D eigenvalue weighted by molar-refractivity contribution is -0.130. The van der Waals surface area contributed by atoms with Crippen molar-refractivity contribution in [3.63, 3.8) is 0 Å². The van der Waals surface area contributed by atoms with Gasteiger partial charge < -0.3 is 10.2 Å². The molecule has 0 radical (unpaired) electrons. The van der Waals surface area contributed by atoms with E-state index in [1.165, 1.54) is 22.2 Å². The lowest BCUT2D eigenvalue weighted by Crippen LogP contribution is -2.37. The molecule has 0 saturated heterocycles. The normalized spacial score (nSPS) is 10.5. The van der Waals surface area contributed by atoms with Gasteiger partial charge in [-0.15, -0.1) is 23.7 Å². The van der Waals surface area contributed by atoms with Crippen molar-refractivity contribution in [3.8, 4) is 0 Å². The summed E-state index contributed by atoms with van der Waals surface area (Å²) in [4.78, 5) is 32.3. The zero-order valence-electron chi connectivity index (χ0n) is 13.2. The van der Waals surface area contributed by atoms with Crippen LogP contribution in [0, 0.1) is 13.8 Å². The maximum absolute atomic E-state index is 12.5. The highest BCUT2D eigenvalue weighted by molar-refractivity contribution is 7.18. The van der Waals surface area contributed by atoms with Crippen molar-refractivity contribution in [2.24, 2.45) is 0 Å². The predicted molar refractivity (Wildman–Crippen MR) is 92.2 cm³/mol. The number of rotatable bonds is 5. The molecular weight excluding hydrogens is 324 g/mol. The zero-order valence-corrected chi connectivity index (χ0v) is 14.8. The Morgan fingerprint density at radius 2 is 2.14 bits per heavy atom. The van der Waals surface area contributed by atoms with Crippen molar-refractivity contribution in [2.75, 3.05) is 27.2 Å². The minimum atomic E-state index is -0.141. The van der Waals surface area contributed by atoms with Crippen LogP contribution in [0.3, 0.4) is 0 Å². The molecule has 0 aromatic carbocycles. The maximum Gasteiger partial charge on any atom is 0.262 e. The fourth-order valence-corrected chi connectivity index (χ4v) is 3.04. The molecular formula is C14H21ClN4O2S. The summed E-state index contributed by atoms with van der Waals surface area (Å²) in [5.74, 6) is -0.0990. The number of aromatic nitrogens is 2. The third kappa shape index (κ3) is 3.66. The van der Waals surface area contributed by atoms with Gasteiger partial charge in [0.25, 0.3) is 5.56 Å². The first-order valence-electron chi connectivity index (χ1n) is 6.79. The Morgan fingerprint density at radius 1 is 1.45 bits per heavy atom. The van der Waals surface area contributed by atoms with Gasteiger partial charge in [0.1, 0.15) is 11.4 Å². The second-order valence-electron chi connectivity index (χ2n) is 5.06. The Labute approximate surface area is 139 Å². The van der Waals surface area contributed by atoms with Crippen LogP contribution < -0.4 is 10.9 Å². The Balaban J connectivity index is 0.00000242. The number of nitrogens with one attached hydrogen (secondary N) is 1. The van der Waals surface area contributed by atoms with E-state index < -0.39 is 0 Å². The van der Waals surface area contributed by atoms with E-state index in [2.05, 4.69) is 10.3 Å². The van der Waals surface area contributed by atoms with E-state index in [0.717, 1.165) is 21.8 Å². The van der Waals surface area contributed by atoms with E-state index in [1.807, 2.05) is 20.9 Å². The van der Waals surface area contributed by atoms with Gasteiger partial charge in [-0.2, -0.15) is 0 Å². The van der Waals surface area contributed by atoms with Gasteiger partial charge in [-0.3, -0.25) is 14.2 Å². The molecule has 122 valence electrons. The van der Waals surface area contributed by atoms with Crippen molar-refractivity contribution in [2.45, 2.75) is 20.4 Å². The van der Waals surface area contributed by atoms with Crippen LogP contribution in [0.1, 0.15) is 10.4 Å². The van der Waals surface area contributed by atoms with Crippen LogP contribution in [0.2, 0.25) is 0 Å². The summed E-state index contributed by atoms with van der Waals surface area (Å²) < 4.78 is 1.39. The van der Waals surface area contributed by atoms with Gasteiger partial charge in [-0.1, -0.05) is 0 Å². The molecule has 0 spiro atoms. The van der Waals surface area contributed by atoms with Gasteiger partial charge in [-0.05, 0) is 26.5 Å². The van der Waals surface area contributed by atoms with Crippen LogP contribution in [0.25, 0.3) is 10.2 Å². The molecule has 2 rings (SSSR count). The lowest BCUT2D eigenvalue weighted by atomic mass is 10.2. The fourth-order valence-electron chi connectivity index (χ4n) is 2.05. The fraction of sp³-hybridized carbons (Fsp3) is 0.500. The molecule has 0 aliphatic carbocycles. The summed E-state index contributed by atoms with van der Waals surface area (Å²) in [6, 6.07) is 0. The molecule has 2 aromatic heterocycles. The first-order chi connectivity index (χ1) is 9.95. The van der Waals surface area contributed by atoms with E-state index in [9.17, 15) is 9.59 Å². The monoisotopic (exact) mass is 344 g/mol. The van der Waals surface area contributed by atoms with E-state index in [4.69, 9.17) is 0 Å². The number of likely N-dealkylation sites (N-methyl/N-ethyl adjacent to an activating group) is 2.